The molecule has 0 radical (unpaired) electrons. The van der Waals surface area contributed by atoms with Gasteiger partial charge in [-0.05, 0) is 42.3 Å². The topological polar surface area (TPSA) is 72.6 Å². The normalized spacial score (nSPS) is 10.6. The maximum atomic E-state index is 12.4. The van der Waals surface area contributed by atoms with Gasteiger partial charge >= 0.3 is 0 Å². The lowest BCUT2D eigenvalue weighted by atomic mass is 10.1. The molecule has 0 aliphatic heterocycles. The first-order valence-corrected chi connectivity index (χ1v) is 8.30. The molecule has 136 valence electrons. The van der Waals surface area contributed by atoms with Crippen molar-refractivity contribution in [2.24, 2.45) is 0 Å². The Kier molecular flexibility index (Phi) is 5.31. The molecule has 0 saturated heterocycles. The average molecular weight is 354 g/mol. The largest absolute Gasteiger partial charge is 0.497 e. The second-order valence-corrected chi connectivity index (χ2v) is 5.83. The van der Waals surface area contributed by atoms with Gasteiger partial charge in [-0.25, -0.2) is 0 Å². The number of hydrogen-bond acceptors (Lipinski definition) is 4. The number of carbonyl (C=O) groups excluding carboxylic acids is 1. The zero-order valence-corrected chi connectivity index (χ0v) is 15.1. The number of hydrogen-bond donors (Lipinski definition) is 2. The minimum Gasteiger partial charge on any atom is -0.497 e. The van der Waals surface area contributed by atoms with Gasteiger partial charge in [0, 0.05) is 35.3 Å². The van der Waals surface area contributed by atoms with Crippen molar-refractivity contribution >= 4 is 16.8 Å². The van der Waals surface area contributed by atoms with Gasteiger partial charge in [0.15, 0.2) is 0 Å². The molecule has 1 heterocycles. The molecule has 0 aliphatic carbocycles. The van der Waals surface area contributed by atoms with Crippen LogP contribution < -0.4 is 19.5 Å². The number of nitrogens with one attached hydrogen (secondary N) is 2. The molecule has 0 bridgehead atoms. The molecule has 6 heteroatoms. The van der Waals surface area contributed by atoms with E-state index in [0.29, 0.717) is 30.0 Å². The number of fused-ring (bicyclic) bond motifs is 1. The van der Waals surface area contributed by atoms with Crippen molar-refractivity contribution < 1.29 is 19.0 Å². The number of carbonyl (C=O) groups is 1. The number of rotatable bonds is 7. The van der Waals surface area contributed by atoms with Gasteiger partial charge in [0.2, 0.25) is 0 Å². The molecule has 0 spiro atoms. The highest BCUT2D eigenvalue weighted by Crippen LogP contribution is 2.24. The van der Waals surface area contributed by atoms with Gasteiger partial charge in [-0.1, -0.05) is 0 Å². The van der Waals surface area contributed by atoms with E-state index in [4.69, 9.17) is 14.2 Å². The molecule has 26 heavy (non-hydrogen) atoms. The maximum absolute atomic E-state index is 12.4. The Morgan fingerprint density at radius 3 is 2.31 bits per heavy atom. The van der Waals surface area contributed by atoms with Crippen LogP contribution in [0.5, 0.6) is 17.2 Å². The van der Waals surface area contributed by atoms with E-state index in [1.54, 1.807) is 39.5 Å². The van der Waals surface area contributed by atoms with E-state index >= 15 is 0 Å². The van der Waals surface area contributed by atoms with E-state index in [9.17, 15) is 4.79 Å². The summed E-state index contributed by atoms with van der Waals surface area (Å²) < 4.78 is 15.7. The van der Waals surface area contributed by atoms with Gasteiger partial charge in [-0.15, -0.1) is 0 Å². The summed E-state index contributed by atoms with van der Waals surface area (Å²) in [6.45, 7) is 0.516. The first-order chi connectivity index (χ1) is 12.6. The fourth-order valence-electron chi connectivity index (χ4n) is 2.84. The second kappa shape index (κ2) is 7.82. The Labute approximate surface area is 152 Å². The first-order valence-electron chi connectivity index (χ1n) is 8.30. The van der Waals surface area contributed by atoms with Crippen LogP contribution in [0.3, 0.4) is 0 Å². The van der Waals surface area contributed by atoms with Crippen LogP contribution in [0.15, 0.2) is 42.6 Å². The highest BCUT2D eigenvalue weighted by atomic mass is 16.5. The standard InChI is InChI=1S/C20H22N2O4/c1-24-15-4-5-19-18(11-15)13(12-22-19)6-7-21-20(23)14-8-16(25-2)10-17(9-14)26-3/h4-5,8-12,22H,6-7H2,1-3H3,(H,21,23). The van der Waals surface area contributed by atoms with Crippen molar-refractivity contribution in [3.63, 3.8) is 0 Å². The molecule has 3 aromatic rings. The van der Waals surface area contributed by atoms with Crippen molar-refractivity contribution in [2.45, 2.75) is 6.42 Å². The summed E-state index contributed by atoms with van der Waals surface area (Å²) in [5.41, 5.74) is 2.67. The molecular formula is C20H22N2O4. The van der Waals surface area contributed by atoms with Crippen LogP contribution in [0.1, 0.15) is 15.9 Å². The molecule has 1 aromatic heterocycles. The molecule has 0 atom stereocenters. The lowest BCUT2D eigenvalue weighted by molar-refractivity contribution is 0.0953. The second-order valence-electron chi connectivity index (χ2n) is 5.83. The minimum atomic E-state index is -0.167. The number of ether oxygens (including phenoxy) is 3. The molecule has 2 aromatic carbocycles. The molecule has 0 unspecified atom stereocenters. The van der Waals surface area contributed by atoms with Crippen molar-refractivity contribution in [1.82, 2.24) is 10.3 Å². The highest BCUT2D eigenvalue weighted by molar-refractivity contribution is 5.95. The lowest BCUT2D eigenvalue weighted by Crippen LogP contribution is -2.25. The number of H-pyrrole nitrogens is 1. The highest BCUT2D eigenvalue weighted by Gasteiger charge is 2.10. The van der Waals surface area contributed by atoms with Crippen molar-refractivity contribution in [2.75, 3.05) is 27.9 Å². The quantitative estimate of drug-likeness (QED) is 0.684. The van der Waals surface area contributed by atoms with Crippen LogP contribution in [0.25, 0.3) is 10.9 Å². The Morgan fingerprint density at radius 1 is 0.962 bits per heavy atom. The smallest absolute Gasteiger partial charge is 0.251 e. The SMILES string of the molecule is COc1cc(OC)cc(C(=O)NCCc2c[nH]c3ccc(OC)cc23)c1. The van der Waals surface area contributed by atoms with E-state index < -0.39 is 0 Å². The third-order valence-corrected chi connectivity index (χ3v) is 4.27. The number of aromatic amines is 1. The molecule has 0 fully saturated rings. The maximum Gasteiger partial charge on any atom is 0.251 e. The zero-order chi connectivity index (χ0) is 18.5. The number of aromatic nitrogens is 1. The number of amides is 1. The van der Waals surface area contributed by atoms with Gasteiger partial charge in [0.1, 0.15) is 17.2 Å². The van der Waals surface area contributed by atoms with Gasteiger partial charge in [0.05, 0.1) is 21.3 Å². The van der Waals surface area contributed by atoms with E-state index in [0.717, 1.165) is 22.2 Å². The van der Waals surface area contributed by atoms with Crippen LogP contribution in [-0.2, 0) is 6.42 Å². The van der Waals surface area contributed by atoms with Gasteiger partial charge in [-0.2, -0.15) is 0 Å². The Bertz CT molecular complexity index is 895. The summed E-state index contributed by atoms with van der Waals surface area (Å²) >= 11 is 0. The van der Waals surface area contributed by atoms with E-state index in [2.05, 4.69) is 10.3 Å². The summed E-state index contributed by atoms with van der Waals surface area (Å²) in [6, 6.07) is 11.0. The molecule has 0 aliphatic rings. The van der Waals surface area contributed by atoms with E-state index in [-0.39, 0.29) is 5.91 Å². The Balaban J connectivity index is 1.67. The van der Waals surface area contributed by atoms with Crippen LogP contribution in [0, 0.1) is 0 Å². The zero-order valence-electron chi connectivity index (χ0n) is 15.1. The third kappa shape index (κ3) is 3.74. The Hall–Kier alpha value is -3.15. The number of methoxy groups -OCH3 is 3. The summed E-state index contributed by atoms with van der Waals surface area (Å²) in [6.07, 6.45) is 2.67. The first kappa shape index (κ1) is 17.7. The summed E-state index contributed by atoms with van der Waals surface area (Å²) in [4.78, 5) is 15.7. The lowest BCUT2D eigenvalue weighted by Gasteiger charge is -2.09. The predicted octanol–water partition coefficient (Wildman–Crippen LogP) is 3.17. The molecule has 6 nitrogen and oxygen atoms in total. The molecule has 2 N–H and O–H groups in total. The average Bonchev–Trinajstić information content (AvgIpc) is 3.09. The van der Waals surface area contributed by atoms with Crippen molar-refractivity contribution in [3.8, 4) is 17.2 Å². The minimum absolute atomic E-state index is 0.167. The third-order valence-electron chi connectivity index (χ3n) is 4.27. The molecule has 3 rings (SSSR count). The van der Waals surface area contributed by atoms with Crippen LogP contribution in [0.4, 0.5) is 0 Å². The molecule has 1 amide bonds. The summed E-state index contributed by atoms with van der Waals surface area (Å²) in [5, 5.41) is 4.04. The fourth-order valence-corrected chi connectivity index (χ4v) is 2.84. The Morgan fingerprint density at radius 2 is 1.65 bits per heavy atom. The monoisotopic (exact) mass is 354 g/mol. The van der Waals surface area contributed by atoms with Gasteiger partial charge < -0.3 is 24.5 Å². The van der Waals surface area contributed by atoms with Crippen molar-refractivity contribution in [1.29, 1.82) is 0 Å². The van der Waals surface area contributed by atoms with Gasteiger partial charge in [-0.3, -0.25) is 4.79 Å². The predicted molar refractivity (Wildman–Crippen MR) is 100 cm³/mol. The molecule has 0 saturated carbocycles. The number of benzene rings is 2. The van der Waals surface area contributed by atoms with Crippen molar-refractivity contribution in [3.05, 3.63) is 53.7 Å². The summed E-state index contributed by atoms with van der Waals surface area (Å²) in [7, 11) is 4.76. The van der Waals surface area contributed by atoms with Crippen LogP contribution in [0.2, 0.25) is 0 Å². The van der Waals surface area contributed by atoms with Crippen LogP contribution >= 0.6 is 0 Å². The molecular weight excluding hydrogens is 332 g/mol. The van der Waals surface area contributed by atoms with Gasteiger partial charge in [0.25, 0.3) is 5.91 Å². The summed E-state index contributed by atoms with van der Waals surface area (Å²) in [5.74, 6) is 1.81. The van der Waals surface area contributed by atoms with E-state index in [1.807, 2.05) is 24.4 Å². The fraction of sp³-hybridized carbons (Fsp3) is 0.250. The van der Waals surface area contributed by atoms with Crippen LogP contribution in [-0.4, -0.2) is 38.8 Å². The van der Waals surface area contributed by atoms with E-state index in [1.165, 1.54) is 0 Å².